The number of benzene rings is 1. The molecule has 1 aromatic heterocycles. The molecule has 2 aromatic rings. The second-order valence-corrected chi connectivity index (χ2v) is 5.68. The number of carbonyl (C=O) groups is 1. The highest BCUT2D eigenvalue weighted by Crippen LogP contribution is 2.49. The summed E-state index contributed by atoms with van der Waals surface area (Å²) in [5.74, 6) is -1.50. The van der Waals surface area contributed by atoms with Crippen molar-refractivity contribution in [2.75, 3.05) is 0 Å². The number of rotatable bonds is 3. The summed E-state index contributed by atoms with van der Waals surface area (Å²) < 4.78 is 27.7. The molecule has 1 aliphatic rings. The average molecular weight is 291 g/mol. The molecule has 1 aromatic carbocycles. The summed E-state index contributed by atoms with van der Waals surface area (Å²) in [4.78, 5) is 12.0. The van der Waals surface area contributed by atoms with Crippen LogP contribution in [0, 0.1) is 18.6 Å². The minimum atomic E-state index is -0.712. The van der Waals surface area contributed by atoms with Crippen LogP contribution in [0.15, 0.2) is 24.3 Å². The fourth-order valence-electron chi connectivity index (χ4n) is 2.66. The van der Waals surface area contributed by atoms with Crippen molar-refractivity contribution in [1.29, 1.82) is 0 Å². The van der Waals surface area contributed by atoms with E-state index in [0.29, 0.717) is 6.42 Å². The Morgan fingerprint density at radius 2 is 2.10 bits per heavy atom. The monoisotopic (exact) mass is 291 g/mol. The molecule has 2 unspecified atom stereocenters. The molecule has 0 radical (unpaired) electrons. The summed E-state index contributed by atoms with van der Waals surface area (Å²) in [6.07, 6.45) is 0.500. The van der Waals surface area contributed by atoms with Crippen molar-refractivity contribution in [1.82, 2.24) is 15.5 Å². The van der Waals surface area contributed by atoms with E-state index < -0.39 is 17.0 Å². The highest BCUT2D eigenvalue weighted by Gasteiger charge is 2.55. The van der Waals surface area contributed by atoms with Crippen LogP contribution < -0.4 is 5.32 Å². The van der Waals surface area contributed by atoms with Gasteiger partial charge in [0, 0.05) is 22.7 Å². The van der Waals surface area contributed by atoms with E-state index in [1.165, 1.54) is 18.2 Å². The molecule has 110 valence electrons. The van der Waals surface area contributed by atoms with Crippen LogP contribution in [0.25, 0.3) is 0 Å². The minimum Gasteiger partial charge on any atom is -0.347 e. The molecular weight excluding hydrogens is 276 g/mol. The molecular formula is C15H15F2N3O. The number of hydrogen-bond donors (Lipinski definition) is 2. The Morgan fingerprint density at radius 1 is 1.43 bits per heavy atom. The van der Waals surface area contributed by atoms with Gasteiger partial charge in [-0.3, -0.25) is 9.89 Å². The molecule has 1 aliphatic carbocycles. The molecule has 2 N–H and O–H groups in total. The summed E-state index contributed by atoms with van der Waals surface area (Å²) in [5.41, 5.74) is 0.374. The van der Waals surface area contributed by atoms with Gasteiger partial charge in [-0.2, -0.15) is 5.10 Å². The van der Waals surface area contributed by atoms with Gasteiger partial charge in [-0.05, 0) is 31.5 Å². The molecule has 1 heterocycles. The van der Waals surface area contributed by atoms with Crippen molar-refractivity contribution < 1.29 is 13.6 Å². The van der Waals surface area contributed by atoms with Crippen LogP contribution in [0.1, 0.15) is 35.1 Å². The van der Waals surface area contributed by atoms with Crippen molar-refractivity contribution in [2.24, 2.45) is 0 Å². The number of aryl methyl sites for hydroxylation is 1. The van der Waals surface area contributed by atoms with Crippen LogP contribution in [0.5, 0.6) is 0 Å². The standard InChI is InChI=1S/C15H15F2N3O/c1-8-6-11(20-19-8)14(21)18-12-7-15(12,2)13-9(16)4-3-5-10(13)17/h3-6,12H,7H2,1-2H3,(H,18,21)(H,19,20). The van der Waals surface area contributed by atoms with Gasteiger partial charge in [0.1, 0.15) is 17.3 Å². The molecule has 1 fully saturated rings. The zero-order valence-corrected chi connectivity index (χ0v) is 11.7. The number of aromatic amines is 1. The third kappa shape index (κ3) is 2.30. The predicted octanol–water partition coefficient (Wildman–Crippen LogP) is 2.46. The van der Waals surface area contributed by atoms with Gasteiger partial charge in [0.25, 0.3) is 5.91 Å². The van der Waals surface area contributed by atoms with Crippen LogP contribution >= 0.6 is 0 Å². The molecule has 1 saturated carbocycles. The maximum Gasteiger partial charge on any atom is 0.272 e. The maximum atomic E-state index is 13.9. The molecule has 1 amide bonds. The summed E-state index contributed by atoms with van der Waals surface area (Å²) in [7, 11) is 0. The van der Waals surface area contributed by atoms with Gasteiger partial charge in [-0.1, -0.05) is 13.0 Å². The van der Waals surface area contributed by atoms with Gasteiger partial charge >= 0.3 is 0 Å². The highest BCUT2D eigenvalue weighted by atomic mass is 19.1. The molecule has 2 atom stereocenters. The number of amides is 1. The first-order valence-electron chi connectivity index (χ1n) is 6.69. The van der Waals surface area contributed by atoms with E-state index in [4.69, 9.17) is 0 Å². The Morgan fingerprint density at radius 3 is 2.67 bits per heavy atom. The van der Waals surface area contributed by atoms with E-state index in [0.717, 1.165) is 5.69 Å². The first-order valence-corrected chi connectivity index (χ1v) is 6.69. The molecule has 0 saturated heterocycles. The zero-order chi connectivity index (χ0) is 15.2. The van der Waals surface area contributed by atoms with Crippen LogP contribution in [-0.4, -0.2) is 22.1 Å². The maximum absolute atomic E-state index is 13.9. The van der Waals surface area contributed by atoms with Gasteiger partial charge in [0.15, 0.2) is 0 Å². The lowest BCUT2D eigenvalue weighted by Gasteiger charge is -2.14. The quantitative estimate of drug-likeness (QED) is 0.912. The SMILES string of the molecule is Cc1cc(C(=O)NC2CC2(C)c2c(F)cccc2F)n[nH]1. The van der Waals surface area contributed by atoms with E-state index in [2.05, 4.69) is 15.5 Å². The molecule has 4 nitrogen and oxygen atoms in total. The van der Waals surface area contributed by atoms with E-state index in [9.17, 15) is 13.6 Å². The molecule has 0 bridgehead atoms. The number of nitrogens with one attached hydrogen (secondary N) is 2. The second kappa shape index (κ2) is 4.65. The number of hydrogen-bond acceptors (Lipinski definition) is 2. The summed E-state index contributed by atoms with van der Waals surface area (Å²) in [6, 6.07) is 5.13. The van der Waals surface area contributed by atoms with E-state index in [-0.39, 0.29) is 23.2 Å². The number of H-pyrrole nitrogens is 1. The van der Waals surface area contributed by atoms with Gasteiger partial charge in [-0.15, -0.1) is 0 Å². The largest absolute Gasteiger partial charge is 0.347 e. The second-order valence-electron chi connectivity index (χ2n) is 5.68. The number of nitrogens with zero attached hydrogens (tertiary/aromatic N) is 1. The van der Waals surface area contributed by atoms with Crippen molar-refractivity contribution in [3.63, 3.8) is 0 Å². The lowest BCUT2D eigenvalue weighted by molar-refractivity contribution is 0.0943. The molecule has 0 aliphatic heterocycles. The molecule has 6 heteroatoms. The van der Waals surface area contributed by atoms with Gasteiger partial charge in [-0.25, -0.2) is 8.78 Å². The van der Waals surface area contributed by atoms with E-state index in [1.54, 1.807) is 19.9 Å². The van der Waals surface area contributed by atoms with Crippen molar-refractivity contribution in [2.45, 2.75) is 31.7 Å². The van der Waals surface area contributed by atoms with Crippen molar-refractivity contribution in [3.05, 3.63) is 52.9 Å². The Hall–Kier alpha value is -2.24. The first kappa shape index (κ1) is 13.7. The number of aromatic nitrogens is 2. The van der Waals surface area contributed by atoms with E-state index >= 15 is 0 Å². The fourth-order valence-corrected chi connectivity index (χ4v) is 2.66. The number of carbonyl (C=O) groups excluding carboxylic acids is 1. The predicted molar refractivity (Wildman–Crippen MR) is 72.9 cm³/mol. The summed E-state index contributed by atoms with van der Waals surface area (Å²) in [5, 5.41) is 9.32. The van der Waals surface area contributed by atoms with Crippen molar-refractivity contribution in [3.8, 4) is 0 Å². The minimum absolute atomic E-state index is 0.0357. The average Bonchev–Trinajstić information content (AvgIpc) is 2.83. The van der Waals surface area contributed by atoms with Crippen LogP contribution in [0.2, 0.25) is 0 Å². The van der Waals surface area contributed by atoms with Crippen LogP contribution in [-0.2, 0) is 5.41 Å². The smallest absolute Gasteiger partial charge is 0.272 e. The number of halogens is 2. The Kier molecular flexibility index (Phi) is 3.04. The Bertz CT molecular complexity index is 692. The van der Waals surface area contributed by atoms with Gasteiger partial charge < -0.3 is 5.32 Å². The molecule has 21 heavy (non-hydrogen) atoms. The summed E-state index contributed by atoms with van der Waals surface area (Å²) >= 11 is 0. The van der Waals surface area contributed by atoms with Crippen molar-refractivity contribution >= 4 is 5.91 Å². The van der Waals surface area contributed by atoms with E-state index in [1.807, 2.05) is 0 Å². The lowest BCUT2D eigenvalue weighted by atomic mass is 9.96. The summed E-state index contributed by atoms with van der Waals surface area (Å²) in [6.45, 7) is 3.54. The molecule has 3 rings (SSSR count). The van der Waals surface area contributed by atoms with Crippen LogP contribution in [0.3, 0.4) is 0 Å². The first-order chi connectivity index (χ1) is 9.91. The third-order valence-electron chi connectivity index (χ3n) is 4.01. The Labute approximate surface area is 120 Å². The normalized spacial score (nSPS) is 23.9. The third-order valence-corrected chi connectivity index (χ3v) is 4.01. The van der Waals surface area contributed by atoms with Crippen LogP contribution in [0.4, 0.5) is 8.78 Å². The zero-order valence-electron chi connectivity index (χ0n) is 11.7. The fraction of sp³-hybridized carbons (Fsp3) is 0.333. The highest BCUT2D eigenvalue weighted by molar-refractivity contribution is 5.93. The topological polar surface area (TPSA) is 57.8 Å². The molecule has 0 spiro atoms. The van der Waals surface area contributed by atoms with Gasteiger partial charge in [0.2, 0.25) is 0 Å². The van der Waals surface area contributed by atoms with Gasteiger partial charge in [0.05, 0.1) is 0 Å². The lowest BCUT2D eigenvalue weighted by Crippen LogP contribution is -2.31. The Balaban J connectivity index is 1.77.